The third kappa shape index (κ3) is 3.37. The molecule has 0 saturated carbocycles. The topological polar surface area (TPSA) is 71.0 Å². The van der Waals surface area contributed by atoms with E-state index in [1.54, 1.807) is 48.5 Å². The van der Waals surface area contributed by atoms with Crippen molar-refractivity contribution in [1.29, 1.82) is 0 Å². The van der Waals surface area contributed by atoms with Gasteiger partial charge in [-0.2, -0.15) is 0 Å². The van der Waals surface area contributed by atoms with Crippen LogP contribution in [0.25, 0.3) is 0 Å². The second-order valence-corrected chi connectivity index (χ2v) is 7.12. The third-order valence-corrected chi connectivity index (χ3v) is 5.70. The summed E-state index contributed by atoms with van der Waals surface area (Å²) in [5.74, 6) is 0.617. The van der Waals surface area contributed by atoms with E-state index in [2.05, 4.69) is 5.73 Å². The fourth-order valence-electron chi connectivity index (χ4n) is 2.11. The van der Waals surface area contributed by atoms with Gasteiger partial charge < -0.3 is 10.5 Å². The van der Waals surface area contributed by atoms with E-state index in [1.807, 2.05) is 0 Å². The van der Waals surface area contributed by atoms with Crippen LogP contribution in [-0.4, -0.2) is 22.1 Å². The summed E-state index contributed by atoms with van der Waals surface area (Å²) < 4.78 is 30.5. The maximum atomic E-state index is 12.7. The molecule has 0 fully saturated rings. The molecule has 0 heterocycles. The highest BCUT2D eigenvalue weighted by Gasteiger charge is 2.29. The summed E-state index contributed by atoms with van der Waals surface area (Å²) in [5, 5.41) is -0.119. The Balaban J connectivity index is 2.41. The Labute approximate surface area is 129 Å². The SMILES string of the molecule is COc1ccc(S(=O)(=O)[C@@H](C[NH3+])c2ccc(Cl)cc2)cc1. The van der Waals surface area contributed by atoms with Crippen LogP contribution in [0.2, 0.25) is 5.02 Å². The summed E-state index contributed by atoms with van der Waals surface area (Å²) in [7, 11) is -1.97. The van der Waals surface area contributed by atoms with E-state index in [1.165, 1.54) is 7.11 Å². The van der Waals surface area contributed by atoms with Gasteiger partial charge in [-0.15, -0.1) is 0 Å². The van der Waals surface area contributed by atoms with Crippen LogP contribution < -0.4 is 10.5 Å². The van der Waals surface area contributed by atoms with Crippen LogP contribution in [0, 0.1) is 0 Å². The van der Waals surface area contributed by atoms with Gasteiger partial charge in [0.1, 0.15) is 11.0 Å². The molecular weight excluding hydrogens is 310 g/mol. The number of sulfone groups is 1. The van der Waals surface area contributed by atoms with Crippen molar-refractivity contribution in [2.75, 3.05) is 13.7 Å². The van der Waals surface area contributed by atoms with Gasteiger partial charge in [0.15, 0.2) is 9.84 Å². The van der Waals surface area contributed by atoms with Crippen LogP contribution in [0.5, 0.6) is 5.75 Å². The van der Waals surface area contributed by atoms with E-state index in [0.29, 0.717) is 16.3 Å². The van der Waals surface area contributed by atoms with Gasteiger partial charge in [-0.25, -0.2) is 8.42 Å². The molecule has 0 amide bonds. The van der Waals surface area contributed by atoms with Crippen LogP contribution in [-0.2, 0) is 9.84 Å². The van der Waals surface area contributed by atoms with E-state index < -0.39 is 15.1 Å². The average molecular weight is 327 g/mol. The molecule has 0 spiro atoms. The van der Waals surface area contributed by atoms with Gasteiger partial charge in [-0.3, -0.25) is 0 Å². The zero-order valence-corrected chi connectivity index (χ0v) is 13.2. The van der Waals surface area contributed by atoms with Crippen LogP contribution in [0.4, 0.5) is 0 Å². The summed E-state index contributed by atoms with van der Waals surface area (Å²) >= 11 is 5.85. The minimum atomic E-state index is -3.50. The quantitative estimate of drug-likeness (QED) is 0.914. The lowest BCUT2D eigenvalue weighted by Gasteiger charge is -2.15. The minimum absolute atomic E-state index is 0.246. The van der Waals surface area contributed by atoms with E-state index in [4.69, 9.17) is 16.3 Å². The van der Waals surface area contributed by atoms with Crippen molar-refractivity contribution in [2.24, 2.45) is 0 Å². The lowest BCUT2D eigenvalue weighted by Crippen LogP contribution is -2.54. The Bertz CT molecular complexity index is 697. The molecule has 0 bridgehead atoms. The number of methoxy groups -OCH3 is 1. The van der Waals surface area contributed by atoms with Crippen LogP contribution in [0.1, 0.15) is 10.8 Å². The highest BCUT2D eigenvalue weighted by Crippen LogP contribution is 2.29. The first-order valence-corrected chi connectivity index (χ1v) is 8.34. The molecule has 0 unspecified atom stereocenters. The van der Waals surface area contributed by atoms with Crippen molar-refractivity contribution in [2.45, 2.75) is 10.1 Å². The van der Waals surface area contributed by atoms with Crippen molar-refractivity contribution < 1.29 is 18.9 Å². The predicted octanol–water partition coefficient (Wildman–Crippen LogP) is 2.11. The summed E-state index contributed by atoms with van der Waals surface area (Å²) in [6, 6.07) is 13.2. The minimum Gasteiger partial charge on any atom is -0.497 e. The Hall–Kier alpha value is -1.56. The molecule has 0 aromatic heterocycles. The summed E-state index contributed by atoms with van der Waals surface area (Å²) in [6.45, 7) is 0.246. The molecule has 4 nitrogen and oxygen atoms in total. The highest BCUT2D eigenvalue weighted by atomic mass is 35.5. The number of benzene rings is 2. The van der Waals surface area contributed by atoms with Crippen molar-refractivity contribution >= 4 is 21.4 Å². The molecule has 1 atom stereocenters. The average Bonchev–Trinajstić information content (AvgIpc) is 2.50. The largest absolute Gasteiger partial charge is 0.497 e. The number of hydrogen-bond acceptors (Lipinski definition) is 3. The predicted molar refractivity (Wildman–Crippen MR) is 82.1 cm³/mol. The molecule has 0 aliphatic heterocycles. The van der Waals surface area contributed by atoms with E-state index in [0.717, 1.165) is 0 Å². The smallest absolute Gasteiger partial charge is 0.190 e. The van der Waals surface area contributed by atoms with Crippen molar-refractivity contribution in [1.82, 2.24) is 0 Å². The zero-order valence-electron chi connectivity index (χ0n) is 11.6. The maximum absolute atomic E-state index is 12.7. The molecule has 0 aliphatic rings. The van der Waals surface area contributed by atoms with E-state index in [-0.39, 0.29) is 11.4 Å². The van der Waals surface area contributed by atoms with Crippen LogP contribution >= 0.6 is 11.6 Å². The number of quaternary nitrogens is 1. The number of ether oxygens (including phenoxy) is 1. The number of hydrogen-bond donors (Lipinski definition) is 1. The van der Waals surface area contributed by atoms with Crippen LogP contribution in [0.15, 0.2) is 53.4 Å². The molecule has 0 radical (unpaired) electrons. The van der Waals surface area contributed by atoms with Crippen molar-refractivity contribution in [3.63, 3.8) is 0 Å². The first-order chi connectivity index (χ1) is 9.98. The van der Waals surface area contributed by atoms with Gasteiger partial charge in [0.05, 0.1) is 18.6 Å². The maximum Gasteiger partial charge on any atom is 0.190 e. The lowest BCUT2D eigenvalue weighted by molar-refractivity contribution is -0.367. The lowest BCUT2D eigenvalue weighted by atomic mass is 10.1. The number of halogens is 1. The van der Waals surface area contributed by atoms with Crippen LogP contribution in [0.3, 0.4) is 0 Å². The zero-order chi connectivity index (χ0) is 15.5. The number of rotatable bonds is 5. The Morgan fingerprint density at radius 2 is 1.67 bits per heavy atom. The third-order valence-electron chi connectivity index (χ3n) is 3.27. The van der Waals surface area contributed by atoms with Gasteiger partial charge in [-0.1, -0.05) is 23.7 Å². The monoisotopic (exact) mass is 326 g/mol. The summed E-state index contributed by atoms with van der Waals surface area (Å²) in [6.07, 6.45) is 0. The van der Waals surface area contributed by atoms with Gasteiger partial charge in [0.25, 0.3) is 0 Å². The molecule has 2 aromatic carbocycles. The van der Waals surface area contributed by atoms with E-state index in [9.17, 15) is 8.42 Å². The second kappa shape index (κ2) is 6.47. The van der Waals surface area contributed by atoms with Gasteiger partial charge >= 0.3 is 0 Å². The summed E-state index contributed by atoms with van der Waals surface area (Å²) in [5.41, 5.74) is 4.46. The normalized spacial score (nSPS) is 12.9. The molecule has 2 aromatic rings. The Morgan fingerprint density at radius 3 is 2.14 bits per heavy atom. The Morgan fingerprint density at radius 1 is 1.10 bits per heavy atom. The van der Waals surface area contributed by atoms with Crippen molar-refractivity contribution in [3.8, 4) is 5.75 Å². The molecule has 3 N–H and O–H groups in total. The molecule has 6 heteroatoms. The first kappa shape index (κ1) is 15.8. The van der Waals surface area contributed by atoms with Gasteiger partial charge in [0, 0.05) is 5.02 Å². The fourth-order valence-corrected chi connectivity index (χ4v) is 3.90. The second-order valence-electron chi connectivity index (χ2n) is 4.55. The van der Waals surface area contributed by atoms with Gasteiger partial charge in [0.2, 0.25) is 0 Å². The molecule has 0 saturated heterocycles. The summed E-state index contributed by atoms with van der Waals surface area (Å²) in [4.78, 5) is 0.256. The fraction of sp³-hybridized carbons (Fsp3) is 0.200. The molecule has 2 rings (SSSR count). The molecule has 0 aliphatic carbocycles. The van der Waals surface area contributed by atoms with Gasteiger partial charge in [-0.05, 0) is 42.0 Å². The highest BCUT2D eigenvalue weighted by molar-refractivity contribution is 7.91. The van der Waals surface area contributed by atoms with E-state index >= 15 is 0 Å². The van der Waals surface area contributed by atoms with Crippen molar-refractivity contribution in [3.05, 3.63) is 59.1 Å². The Kier molecular flexibility index (Phi) is 4.88. The molecule has 21 heavy (non-hydrogen) atoms. The first-order valence-electron chi connectivity index (χ1n) is 6.41. The standard InChI is InChI=1S/C15H16ClNO3S/c1-20-13-6-8-14(9-7-13)21(18,19)15(10-17)11-2-4-12(16)5-3-11/h2-9,15H,10,17H2,1H3/p+1/t15-/m0/s1. The molecule has 112 valence electrons. The molecular formula is C15H17ClNO3S+.